The summed E-state index contributed by atoms with van der Waals surface area (Å²) in [6, 6.07) is 8.92. The number of carboxylic acid groups (broad SMARTS) is 1. The van der Waals surface area contributed by atoms with E-state index in [4.69, 9.17) is 5.11 Å². The van der Waals surface area contributed by atoms with Gasteiger partial charge in [-0.1, -0.05) is 34.1 Å². The molecule has 0 saturated carbocycles. The van der Waals surface area contributed by atoms with E-state index in [1.807, 2.05) is 24.3 Å². The van der Waals surface area contributed by atoms with Crippen molar-refractivity contribution in [2.75, 3.05) is 0 Å². The third-order valence-electron chi connectivity index (χ3n) is 2.52. The number of aromatic carboxylic acids is 1. The first-order valence-electron chi connectivity index (χ1n) is 5.25. The number of benzene rings is 1. The number of rotatable bonds is 3. The Bertz CT molecular complexity index is 649. The van der Waals surface area contributed by atoms with E-state index in [9.17, 15) is 9.59 Å². The Hall–Kier alpha value is -1.88. The minimum atomic E-state index is -1.21. The lowest BCUT2D eigenvalue weighted by Gasteiger charge is -2.08. The van der Waals surface area contributed by atoms with Crippen molar-refractivity contribution in [2.45, 2.75) is 6.54 Å². The smallest absolute Gasteiger partial charge is 0.341 e. The van der Waals surface area contributed by atoms with Gasteiger partial charge >= 0.3 is 5.97 Å². The van der Waals surface area contributed by atoms with Crippen LogP contribution in [0.4, 0.5) is 0 Å². The Labute approximate surface area is 112 Å². The van der Waals surface area contributed by atoms with E-state index < -0.39 is 11.4 Å². The molecule has 18 heavy (non-hydrogen) atoms. The minimum Gasteiger partial charge on any atom is -0.477 e. The van der Waals surface area contributed by atoms with Gasteiger partial charge in [0.05, 0.1) is 0 Å². The fourth-order valence-electron chi connectivity index (χ4n) is 1.61. The molecule has 0 unspecified atom stereocenters. The van der Waals surface area contributed by atoms with E-state index in [1.54, 1.807) is 10.8 Å². The Balaban J connectivity index is 2.36. The van der Waals surface area contributed by atoms with Crippen LogP contribution in [-0.4, -0.2) is 15.6 Å². The second-order valence-electron chi connectivity index (χ2n) is 3.79. The molecule has 0 atom stereocenters. The summed E-state index contributed by atoms with van der Waals surface area (Å²) in [5, 5.41) is 8.89. The first-order chi connectivity index (χ1) is 8.58. The van der Waals surface area contributed by atoms with Crippen molar-refractivity contribution in [1.82, 2.24) is 4.57 Å². The van der Waals surface area contributed by atoms with Crippen LogP contribution < -0.4 is 5.43 Å². The first-order valence-corrected chi connectivity index (χ1v) is 6.04. The van der Waals surface area contributed by atoms with Crippen molar-refractivity contribution < 1.29 is 9.90 Å². The molecule has 5 heteroatoms. The standard InChI is InChI=1S/C13H10BrNO3/c14-11-4-2-1-3-9(11)7-15-6-5-12(16)10(8-15)13(17)18/h1-6,8H,7H2,(H,17,18). The molecule has 1 aromatic carbocycles. The first kappa shape index (κ1) is 12.6. The van der Waals surface area contributed by atoms with Crippen molar-refractivity contribution >= 4 is 21.9 Å². The summed E-state index contributed by atoms with van der Waals surface area (Å²) in [7, 11) is 0. The highest BCUT2D eigenvalue weighted by atomic mass is 79.9. The van der Waals surface area contributed by atoms with Crippen LogP contribution in [0.1, 0.15) is 15.9 Å². The van der Waals surface area contributed by atoms with E-state index in [0.717, 1.165) is 10.0 Å². The zero-order valence-electron chi connectivity index (χ0n) is 9.34. The van der Waals surface area contributed by atoms with E-state index >= 15 is 0 Å². The number of pyridine rings is 1. The quantitative estimate of drug-likeness (QED) is 0.947. The van der Waals surface area contributed by atoms with Crippen LogP contribution >= 0.6 is 15.9 Å². The molecule has 1 heterocycles. The predicted molar refractivity (Wildman–Crippen MR) is 70.9 cm³/mol. The monoisotopic (exact) mass is 307 g/mol. The van der Waals surface area contributed by atoms with Gasteiger partial charge in [0.25, 0.3) is 0 Å². The topological polar surface area (TPSA) is 59.3 Å². The molecule has 1 N–H and O–H groups in total. The van der Waals surface area contributed by atoms with Crippen LogP contribution in [0, 0.1) is 0 Å². The molecule has 0 amide bonds. The summed E-state index contributed by atoms with van der Waals surface area (Å²) < 4.78 is 2.62. The SMILES string of the molecule is O=C(O)c1cn(Cc2ccccc2Br)ccc1=O. The van der Waals surface area contributed by atoms with Gasteiger partial charge in [0.1, 0.15) is 5.56 Å². The summed E-state index contributed by atoms with van der Waals surface area (Å²) in [5.74, 6) is -1.21. The van der Waals surface area contributed by atoms with E-state index in [-0.39, 0.29) is 5.56 Å². The molecule has 2 rings (SSSR count). The fourth-order valence-corrected chi connectivity index (χ4v) is 2.02. The van der Waals surface area contributed by atoms with Crippen molar-refractivity contribution in [3.8, 4) is 0 Å². The Morgan fingerprint density at radius 1 is 1.28 bits per heavy atom. The number of halogens is 1. The molecule has 4 nitrogen and oxygen atoms in total. The molecule has 0 aliphatic rings. The molecule has 92 valence electrons. The molecule has 0 fully saturated rings. The molecular formula is C13H10BrNO3. The number of nitrogens with zero attached hydrogens (tertiary/aromatic N) is 1. The van der Waals surface area contributed by atoms with Crippen LogP contribution in [0.15, 0.2) is 52.0 Å². The molecule has 0 radical (unpaired) electrons. The average molecular weight is 308 g/mol. The van der Waals surface area contributed by atoms with Gasteiger partial charge in [0, 0.05) is 29.5 Å². The van der Waals surface area contributed by atoms with Crippen LogP contribution in [0.5, 0.6) is 0 Å². The predicted octanol–water partition coefficient (Wildman–Crippen LogP) is 2.36. The molecule has 1 aromatic heterocycles. The van der Waals surface area contributed by atoms with E-state index in [0.29, 0.717) is 6.54 Å². The van der Waals surface area contributed by atoms with Crippen LogP contribution in [0.3, 0.4) is 0 Å². The van der Waals surface area contributed by atoms with Gasteiger partial charge in [-0.05, 0) is 11.6 Å². The van der Waals surface area contributed by atoms with Crippen molar-refractivity contribution in [2.24, 2.45) is 0 Å². The molecule has 0 bridgehead atoms. The molecule has 0 aliphatic heterocycles. The number of aromatic nitrogens is 1. The summed E-state index contributed by atoms with van der Waals surface area (Å²) in [6.07, 6.45) is 2.93. The lowest BCUT2D eigenvalue weighted by Crippen LogP contribution is -2.16. The van der Waals surface area contributed by atoms with Gasteiger partial charge in [0.2, 0.25) is 0 Å². The Morgan fingerprint density at radius 2 is 2.00 bits per heavy atom. The lowest BCUT2D eigenvalue weighted by molar-refractivity contribution is 0.0694. The van der Waals surface area contributed by atoms with Gasteiger partial charge in [-0.2, -0.15) is 0 Å². The maximum atomic E-state index is 11.3. The number of hydrogen-bond donors (Lipinski definition) is 1. The lowest BCUT2D eigenvalue weighted by atomic mass is 10.2. The van der Waals surface area contributed by atoms with Gasteiger partial charge in [-0.3, -0.25) is 4.79 Å². The highest BCUT2D eigenvalue weighted by molar-refractivity contribution is 9.10. The highest BCUT2D eigenvalue weighted by Gasteiger charge is 2.08. The third kappa shape index (κ3) is 2.68. The van der Waals surface area contributed by atoms with Crippen molar-refractivity contribution in [1.29, 1.82) is 0 Å². The molecule has 0 aliphatic carbocycles. The zero-order chi connectivity index (χ0) is 13.1. The molecule has 0 spiro atoms. The largest absolute Gasteiger partial charge is 0.477 e. The minimum absolute atomic E-state index is 0.218. The van der Waals surface area contributed by atoms with Crippen LogP contribution in [0.2, 0.25) is 0 Å². The summed E-state index contributed by atoms with van der Waals surface area (Å²) >= 11 is 3.42. The molecular weight excluding hydrogens is 298 g/mol. The normalized spacial score (nSPS) is 10.3. The molecule has 0 saturated heterocycles. The van der Waals surface area contributed by atoms with Gasteiger partial charge in [-0.25, -0.2) is 4.79 Å². The van der Waals surface area contributed by atoms with E-state index in [1.165, 1.54) is 12.3 Å². The maximum Gasteiger partial charge on any atom is 0.341 e. The molecule has 2 aromatic rings. The Kier molecular flexibility index (Phi) is 3.62. The number of hydrogen-bond acceptors (Lipinski definition) is 2. The van der Waals surface area contributed by atoms with Gasteiger partial charge in [-0.15, -0.1) is 0 Å². The van der Waals surface area contributed by atoms with Crippen molar-refractivity contribution in [3.63, 3.8) is 0 Å². The second kappa shape index (κ2) is 5.18. The third-order valence-corrected chi connectivity index (χ3v) is 3.29. The van der Waals surface area contributed by atoms with Gasteiger partial charge in [0.15, 0.2) is 5.43 Å². The summed E-state index contributed by atoms with van der Waals surface area (Å²) in [6.45, 7) is 0.502. The van der Waals surface area contributed by atoms with E-state index in [2.05, 4.69) is 15.9 Å². The summed E-state index contributed by atoms with van der Waals surface area (Å²) in [4.78, 5) is 22.2. The zero-order valence-corrected chi connectivity index (χ0v) is 10.9. The van der Waals surface area contributed by atoms with Crippen LogP contribution in [-0.2, 0) is 6.54 Å². The highest BCUT2D eigenvalue weighted by Crippen LogP contribution is 2.16. The van der Waals surface area contributed by atoms with Crippen molar-refractivity contribution in [3.05, 3.63) is 68.5 Å². The maximum absolute atomic E-state index is 11.3. The number of carboxylic acids is 1. The fraction of sp³-hybridized carbons (Fsp3) is 0.0769. The summed E-state index contributed by atoms with van der Waals surface area (Å²) in [5.41, 5.74) is 0.313. The van der Waals surface area contributed by atoms with Gasteiger partial charge < -0.3 is 9.67 Å². The second-order valence-corrected chi connectivity index (χ2v) is 4.65. The number of carbonyl (C=O) groups is 1. The Morgan fingerprint density at radius 3 is 2.67 bits per heavy atom. The van der Waals surface area contributed by atoms with Crippen LogP contribution in [0.25, 0.3) is 0 Å². The average Bonchev–Trinajstić information content (AvgIpc) is 2.34.